The van der Waals surface area contributed by atoms with Crippen LogP contribution < -0.4 is 4.74 Å². The van der Waals surface area contributed by atoms with Gasteiger partial charge in [0.25, 0.3) is 5.91 Å². The summed E-state index contributed by atoms with van der Waals surface area (Å²) >= 11 is 18.7. The normalized spacial score (nSPS) is 11.8. The third-order valence-electron chi connectivity index (χ3n) is 6.35. The number of carboxylic acids is 1. The van der Waals surface area contributed by atoms with Gasteiger partial charge in [0.1, 0.15) is 16.6 Å². The largest absolute Gasteiger partial charge is 0.495 e. The molecule has 1 amide bonds. The average Bonchev–Trinajstić information content (AvgIpc) is 3.27. The van der Waals surface area contributed by atoms with E-state index in [1.807, 2.05) is 0 Å². The SMILES string of the molecule is COc1c([C@@H](C)N(C)C(=O)c2nn(-c3ccccc3Cl)c(-c3ccc(Cl)cc3)c2CC(=O)O)ccc(F)c1Cl. The van der Waals surface area contributed by atoms with E-state index < -0.39 is 30.2 Å². The van der Waals surface area contributed by atoms with Gasteiger partial charge in [-0.2, -0.15) is 5.10 Å². The van der Waals surface area contributed by atoms with Gasteiger partial charge < -0.3 is 14.7 Å². The Balaban J connectivity index is 1.91. The number of methoxy groups -OCH3 is 1. The van der Waals surface area contributed by atoms with Gasteiger partial charge in [-0.05, 0) is 37.3 Å². The summed E-state index contributed by atoms with van der Waals surface area (Å²) in [4.78, 5) is 27.3. The van der Waals surface area contributed by atoms with Gasteiger partial charge in [-0.25, -0.2) is 9.07 Å². The highest BCUT2D eigenvalue weighted by molar-refractivity contribution is 6.32. The summed E-state index contributed by atoms with van der Waals surface area (Å²) < 4.78 is 20.8. The van der Waals surface area contributed by atoms with E-state index in [-0.39, 0.29) is 22.0 Å². The number of rotatable bonds is 8. The van der Waals surface area contributed by atoms with E-state index in [1.54, 1.807) is 55.5 Å². The molecule has 0 fully saturated rings. The van der Waals surface area contributed by atoms with E-state index in [2.05, 4.69) is 5.10 Å². The first-order valence-corrected chi connectivity index (χ1v) is 12.8. The van der Waals surface area contributed by atoms with Gasteiger partial charge in [-0.15, -0.1) is 0 Å². The zero-order chi connectivity index (χ0) is 28.4. The molecule has 1 N–H and O–H groups in total. The van der Waals surface area contributed by atoms with Crippen LogP contribution in [-0.2, 0) is 11.2 Å². The highest BCUT2D eigenvalue weighted by Gasteiger charge is 2.31. The van der Waals surface area contributed by atoms with E-state index in [1.165, 1.54) is 35.9 Å². The van der Waals surface area contributed by atoms with Gasteiger partial charge >= 0.3 is 5.97 Å². The first-order valence-electron chi connectivity index (χ1n) is 11.7. The molecule has 0 aliphatic heterocycles. The molecule has 0 spiro atoms. The second-order valence-corrected chi connectivity index (χ2v) is 9.91. The summed E-state index contributed by atoms with van der Waals surface area (Å²) in [6.45, 7) is 1.71. The maximum atomic E-state index is 14.1. The van der Waals surface area contributed by atoms with Crippen molar-refractivity contribution in [3.8, 4) is 22.7 Å². The number of amides is 1. The Morgan fingerprint density at radius 2 is 1.74 bits per heavy atom. The van der Waals surface area contributed by atoms with Crippen molar-refractivity contribution in [2.45, 2.75) is 19.4 Å². The van der Waals surface area contributed by atoms with Gasteiger partial charge in [0.05, 0.1) is 36.0 Å². The lowest BCUT2D eigenvalue weighted by atomic mass is 10.0. The molecule has 1 heterocycles. The number of hydrogen-bond acceptors (Lipinski definition) is 4. The molecule has 1 atom stereocenters. The average molecular weight is 591 g/mol. The number of carbonyl (C=O) groups is 2. The minimum Gasteiger partial charge on any atom is -0.495 e. The van der Waals surface area contributed by atoms with Crippen LogP contribution in [0.3, 0.4) is 0 Å². The van der Waals surface area contributed by atoms with Crippen molar-refractivity contribution in [1.29, 1.82) is 0 Å². The van der Waals surface area contributed by atoms with Crippen LogP contribution in [0.1, 0.15) is 34.6 Å². The van der Waals surface area contributed by atoms with Crippen molar-refractivity contribution < 1.29 is 23.8 Å². The number of ether oxygens (including phenoxy) is 1. The Morgan fingerprint density at radius 3 is 2.36 bits per heavy atom. The molecule has 4 aromatic rings. The van der Waals surface area contributed by atoms with Crippen LogP contribution in [-0.4, -0.2) is 45.8 Å². The number of aliphatic carboxylic acids is 1. The number of halogens is 4. The zero-order valence-corrected chi connectivity index (χ0v) is 23.4. The van der Waals surface area contributed by atoms with Crippen molar-refractivity contribution >= 4 is 46.7 Å². The Labute approximate surface area is 239 Å². The second kappa shape index (κ2) is 11.7. The molecule has 7 nitrogen and oxygen atoms in total. The summed E-state index contributed by atoms with van der Waals surface area (Å²) in [6.07, 6.45) is -0.489. The highest BCUT2D eigenvalue weighted by atomic mass is 35.5. The predicted octanol–water partition coefficient (Wildman–Crippen LogP) is 7.11. The summed E-state index contributed by atoms with van der Waals surface area (Å²) in [6, 6.07) is 15.7. The van der Waals surface area contributed by atoms with Crippen molar-refractivity contribution in [3.05, 3.63) is 98.4 Å². The number of carboxylic acid groups (broad SMARTS) is 1. The summed E-state index contributed by atoms with van der Waals surface area (Å²) in [5, 5.41) is 15.0. The van der Waals surface area contributed by atoms with Crippen LogP contribution in [0.5, 0.6) is 5.75 Å². The molecular formula is C28H23Cl3FN3O4. The fourth-order valence-corrected chi connectivity index (χ4v) is 4.87. The molecule has 0 saturated heterocycles. The van der Waals surface area contributed by atoms with Crippen LogP contribution in [0.4, 0.5) is 4.39 Å². The van der Waals surface area contributed by atoms with E-state index >= 15 is 0 Å². The molecule has 11 heteroatoms. The van der Waals surface area contributed by atoms with E-state index in [4.69, 9.17) is 39.5 Å². The third kappa shape index (κ3) is 5.59. The minimum atomic E-state index is -1.15. The maximum absolute atomic E-state index is 14.1. The molecular weight excluding hydrogens is 568 g/mol. The van der Waals surface area contributed by atoms with Crippen LogP contribution >= 0.6 is 34.8 Å². The van der Waals surface area contributed by atoms with Crippen LogP contribution in [0, 0.1) is 5.82 Å². The van der Waals surface area contributed by atoms with Crippen molar-refractivity contribution in [1.82, 2.24) is 14.7 Å². The van der Waals surface area contributed by atoms with Gasteiger partial charge in [0, 0.05) is 28.8 Å². The number of carbonyl (C=O) groups excluding carboxylic acids is 1. The van der Waals surface area contributed by atoms with E-state index in [0.717, 1.165) is 0 Å². The highest BCUT2D eigenvalue weighted by Crippen LogP contribution is 2.38. The van der Waals surface area contributed by atoms with Gasteiger partial charge in [-0.3, -0.25) is 9.59 Å². The lowest BCUT2D eigenvalue weighted by molar-refractivity contribution is -0.136. The first-order chi connectivity index (χ1) is 18.5. The van der Waals surface area contributed by atoms with Gasteiger partial charge in [-0.1, -0.05) is 65.1 Å². The lowest BCUT2D eigenvalue weighted by Crippen LogP contribution is -2.31. The minimum absolute atomic E-state index is 0.0798. The number of hydrogen-bond donors (Lipinski definition) is 1. The molecule has 4 rings (SSSR count). The van der Waals surface area contributed by atoms with Crippen LogP contribution in [0.15, 0.2) is 60.7 Å². The third-order valence-corrected chi connectivity index (χ3v) is 7.27. The number of benzene rings is 3. The lowest BCUT2D eigenvalue weighted by Gasteiger charge is -2.26. The summed E-state index contributed by atoms with van der Waals surface area (Å²) in [5.74, 6) is -2.28. The molecule has 0 saturated carbocycles. The molecule has 3 aromatic carbocycles. The number of aromatic nitrogens is 2. The quantitative estimate of drug-likeness (QED) is 0.236. The van der Waals surface area contributed by atoms with Crippen molar-refractivity contribution in [3.63, 3.8) is 0 Å². The second-order valence-electron chi connectivity index (χ2n) is 8.69. The first kappa shape index (κ1) is 28.4. The Bertz CT molecular complexity index is 1560. The predicted molar refractivity (Wildman–Crippen MR) is 149 cm³/mol. The smallest absolute Gasteiger partial charge is 0.307 e. The summed E-state index contributed by atoms with van der Waals surface area (Å²) in [7, 11) is 2.89. The van der Waals surface area contributed by atoms with Crippen LogP contribution in [0.2, 0.25) is 15.1 Å². The summed E-state index contributed by atoms with van der Waals surface area (Å²) in [5.41, 5.74) is 2.00. The number of nitrogens with zero attached hydrogens (tertiary/aromatic N) is 3. The molecule has 39 heavy (non-hydrogen) atoms. The van der Waals surface area contributed by atoms with E-state index in [0.29, 0.717) is 32.6 Å². The monoisotopic (exact) mass is 589 g/mol. The Kier molecular flexibility index (Phi) is 8.49. The molecule has 1 aromatic heterocycles. The molecule has 0 radical (unpaired) electrons. The molecule has 202 valence electrons. The molecule has 0 unspecified atom stereocenters. The van der Waals surface area contributed by atoms with Crippen LogP contribution in [0.25, 0.3) is 16.9 Å². The zero-order valence-electron chi connectivity index (χ0n) is 21.1. The molecule has 0 bridgehead atoms. The number of para-hydroxylation sites is 1. The van der Waals surface area contributed by atoms with Crippen molar-refractivity contribution in [2.75, 3.05) is 14.2 Å². The van der Waals surface area contributed by atoms with Gasteiger partial charge in [0.2, 0.25) is 0 Å². The van der Waals surface area contributed by atoms with Crippen molar-refractivity contribution in [2.24, 2.45) is 0 Å². The fraction of sp³-hybridized carbons (Fsp3) is 0.179. The Hall–Kier alpha value is -3.59. The molecule has 0 aliphatic rings. The maximum Gasteiger partial charge on any atom is 0.307 e. The molecule has 0 aliphatic carbocycles. The van der Waals surface area contributed by atoms with E-state index in [9.17, 15) is 19.1 Å². The Morgan fingerprint density at radius 1 is 1.08 bits per heavy atom. The fourth-order valence-electron chi connectivity index (χ4n) is 4.28. The van der Waals surface area contributed by atoms with Gasteiger partial charge in [0.15, 0.2) is 5.69 Å². The topological polar surface area (TPSA) is 84.7 Å². The standard InChI is InChI=1S/C28H23Cl3FN3O4/c1-15(18-12-13-21(32)24(31)27(18)39-3)34(2)28(38)25-19(14-23(36)37)26(16-8-10-17(29)11-9-16)35(33-25)22-7-5-4-6-20(22)30/h4-13,15H,14H2,1-3H3,(H,36,37)/t15-/m1/s1.